The fraction of sp³-hybridized carbons (Fsp3) is 0.741. The first kappa shape index (κ1) is 31.4. The molecule has 0 aliphatic heterocycles. The SMILES string of the molecule is CC(C)(C(F)F)C(F)[C@@H](N[S+]([O-])C(C)(C)C)c1nc2ccc([C@H](N)C3CC3)cc2n1COCC[Si](C)(C)C. The van der Waals surface area contributed by atoms with Crippen molar-refractivity contribution in [2.75, 3.05) is 6.61 Å². The molecule has 1 aliphatic rings. The van der Waals surface area contributed by atoms with E-state index in [-0.39, 0.29) is 18.6 Å². The molecule has 1 aromatic carbocycles. The highest BCUT2D eigenvalue weighted by Gasteiger charge is 2.48. The van der Waals surface area contributed by atoms with Crippen molar-refractivity contribution in [3.8, 4) is 0 Å². The van der Waals surface area contributed by atoms with Crippen molar-refractivity contribution in [3.05, 3.63) is 29.6 Å². The number of benzene rings is 1. The van der Waals surface area contributed by atoms with Crippen LogP contribution in [0, 0.1) is 11.3 Å². The van der Waals surface area contributed by atoms with Gasteiger partial charge in [0.1, 0.15) is 29.5 Å². The first-order valence-corrected chi connectivity index (χ1v) is 18.2. The number of nitrogens with two attached hydrogens (primary N) is 1. The highest BCUT2D eigenvalue weighted by Crippen LogP contribution is 2.42. The fourth-order valence-corrected chi connectivity index (χ4v) is 5.65. The van der Waals surface area contributed by atoms with Crippen LogP contribution in [0.3, 0.4) is 0 Å². The van der Waals surface area contributed by atoms with Gasteiger partial charge in [-0.1, -0.05) is 39.6 Å². The van der Waals surface area contributed by atoms with E-state index in [9.17, 15) is 13.3 Å². The number of aromatic nitrogens is 2. The van der Waals surface area contributed by atoms with Gasteiger partial charge in [-0.05, 0) is 63.3 Å². The number of hydrogen-bond donors (Lipinski definition) is 2. The van der Waals surface area contributed by atoms with Crippen LogP contribution in [0.25, 0.3) is 11.0 Å². The Kier molecular flexibility index (Phi) is 9.74. The molecule has 38 heavy (non-hydrogen) atoms. The Hall–Kier alpha value is -1.11. The van der Waals surface area contributed by atoms with Gasteiger partial charge in [-0.25, -0.2) is 18.2 Å². The van der Waals surface area contributed by atoms with Crippen molar-refractivity contribution >= 4 is 30.5 Å². The number of nitrogens with one attached hydrogen (secondary N) is 1. The minimum absolute atomic E-state index is 0.0700. The molecule has 1 aromatic heterocycles. The quantitative estimate of drug-likeness (QED) is 0.162. The van der Waals surface area contributed by atoms with E-state index in [2.05, 4.69) is 24.4 Å². The Morgan fingerprint density at radius 1 is 1.18 bits per heavy atom. The average molecular weight is 575 g/mol. The van der Waals surface area contributed by atoms with E-state index in [1.54, 1.807) is 25.3 Å². The summed E-state index contributed by atoms with van der Waals surface area (Å²) in [7, 11) is -1.36. The molecule has 0 saturated heterocycles. The zero-order valence-electron chi connectivity index (χ0n) is 24.0. The summed E-state index contributed by atoms with van der Waals surface area (Å²) in [5.41, 5.74) is 6.68. The molecular formula is C27H45F3N4O2SSi. The average Bonchev–Trinajstić information content (AvgIpc) is 3.59. The second-order valence-corrected chi connectivity index (χ2v) is 21.0. The lowest BCUT2D eigenvalue weighted by Gasteiger charge is -2.35. The normalized spacial score (nSPS) is 18.7. The molecule has 1 saturated carbocycles. The van der Waals surface area contributed by atoms with Crippen molar-refractivity contribution < 1.29 is 22.5 Å². The van der Waals surface area contributed by atoms with Crippen LogP contribution in [-0.2, 0) is 22.8 Å². The minimum Gasteiger partial charge on any atom is -0.598 e. The summed E-state index contributed by atoms with van der Waals surface area (Å²) in [6.45, 7) is 14.9. The Bertz CT molecular complexity index is 1080. The molecule has 3 N–H and O–H groups in total. The van der Waals surface area contributed by atoms with Gasteiger partial charge in [-0.15, -0.1) is 4.72 Å². The van der Waals surface area contributed by atoms with Crippen LogP contribution in [0.15, 0.2) is 18.2 Å². The number of hydrogen-bond acceptors (Lipinski definition) is 5. The summed E-state index contributed by atoms with van der Waals surface area (Å²) in [6, 6.07) is 5.16. The fourth-order valence-electron chi connectivity index (χ4n) is 4.09. The molecular weight excluding hydrogens is 529 g/mol. The second-order valence-electron chi connectivity index (χ2n) is 13.4. The van der Waals surface area contributed by atoms with Crippen LogP contribution in [0.1, 0.15) is 70.9 Å². The predicted molar refractivity (Wildman–Crippen MR) is 152 cm³/mol. The second kappa shape index (κ2) is 11.8. The largest absolute Gasteiger partial charge is 0.598 e. The number of rotatable bonds is 13. The van der Waals surface area contributed by atoms with Crippen LogP contribution >= 0.6 is 0 Å². The van der Waals surface area contributed by atoms with Gasteiger partial charge < -0.3 is 19.6 Å². The molecule has 2 unspecified atom stereocenters. The maximum atomic E-state index is 16.1. The van der Waals surface area contributed by atoms with Crippen molar-refractivity contribution in [2.24, 2.45) is 17.1 Å². The standard InChI is InChI=1S/C27H45F3N4O2SSi/c1-26(2,3)37(35)33-22(23(28)27(4,5)25(29)30)24-32-19-12-11-18(21(31)17-9-10-17)15-20(19)34(24)16-36-13-14-38(6,7)8/h11-12,15,17,21-23,25,33H,9-10,13-14,16,31H2,1-8H3/t21-,22-,23?,37?/m1/s1. The van der Waals surface area contributed by atoms with Crippen molar-refractivity contribution in [1.82, 2.24) is 14.3 Å². The molecule has 0 radical (unpaired) electrons. The molecule has 11 heteroatoms. The molecule has 0 amide bonds. The van der Waals surface area contributed by atoms with E-state index < -0.39 is 48.2 Å². The Morgan fingerprint density at radius 3 is 2.34 bits per heavy atom. The maximum Gasteiger partial charge on any atom is 0.246 e. The summed E-state index contributed by atoms with van der Waals surface area (Å²) >= 11 is -1.74. The van der Waals surface area contributed by atoms with E-state index in [1.165, 1.54) is 13.8 Å². The lowest BCUT2D eigenvalue weighted by Crippen LogP contribution is -2.49. The summed E-state index contributed by atoms with van der Waals surface area (Å²) < 4.78 is 67.1. The van der Waals surface area contributed by atoms with Gasteiger partial charge in [0.2, 0.25) is 6.43 Å². The molecule has 1 heterocycles. The number of nitrogens with zero attached hydrogens (tertiary/aromatic N) is 2. The van der Waals surface area contributed by atoms with Crippen molar-refractivity contribution in [1.29, 1.82) is 0 Å². The predicted octanol–water partition coefficient (Wildman–Crippen LogP) is 6.48. The summed E-state index contributed by atoms with van der Waals surface area (Å²) in [5, 5.41) is 0. The molecule has 6 nitrogen and oxygen atoms in total. The monoisotopic (exact) mass is 574 g/mol. The van der Waals surface area contributed by atoms with E-state index >= 15 is 4.39 Å². The highest BCUT2D eigenvalue weighted by atomic mass is 32.2. The lowest BCUT2D eigenvalue weighted by atomic mass is 9.84. The third-order valence-electron chi connectivity index (χ3n) is 7.17. The third-order valence-corrected chi connectivity index (χ3v) is 10.5. The van der Waals surface area contributed by atoms with Crippen LogP contribution in [0.2, 0.25) is 25.7 Å². The molecule has 1 fully saturated rings. The van der Waals surface area contributed by atoms with E-state index in [4.69, 9.17) is 15.5 Å². The third kappa shape index (κ3) is 7.54. The highest BCUT2D eigenvalue weighted by molar-refractivity contribution is 7.90. The Balaban J connectivity index is 2.10. The first-order chi connectivity index (χ1) is 17.4. The van der Waals surface area contributed by atoms with Gasteiger partial charge >= 0.3 is 0 Å². The van der Waals surface area contributed by atoms with Crippen molar-refractivity contribution in [2.45, 2.75) is 109 Å². The first-order valence-electron chi connectivity index (χ1n) is 13.4. The van der Waals surface area contributed by atoms with Gasteiger partial charge in [0.05, 0.1) is 16.4 Å². The van der Waals surface area contributed by atoms with Crippen LogP contribution in [-0.4, -0.2) is 46.1 Å². The van der Waals surface area contributed by atoms with Crippen LogP contribution in [0.4, 0.5) is 13.2 Å². The zero-order chi connectivity index (χ0) is 28.6. The number of alkyl halides is 3. The summed E-state index contributed by atoms with van der Waals surface area (Å²) in [4.78, 5) is 4.70. The number of ether oxygens (including phenoxy) is 1. The minimum atomic E-state index is -2.93. The number of halogens is 3. The van der Waals surface area contributed by atoms with Crippen LogP contribution in [0.5, 0.6) is 0 Å². The Morgan fingerprint density at radius 2 is 1.82 bits per heavy atom. The topological polar surface area (TPSA) is 88.2 Å². The molecule has 4 atom stereocenters. The molecule has 3 rings (SSSR count). The van der Waals surface area contributed by atoms with E-state index in [0.717, 1.165) is 24.4 Å². The smallest absolute Gasteiger partial charge is 0.246 e. The van der Waals surface area contributed by atoms with Crippen LogP contribution < -0.4 is 10.5 Å². The lowest BCUT2D eigenvalue weighted by molar-refractivity contribution is -0.0462. The van der Waals surface area contributed by atoms with Gasteiger partial charge in [0, 0.05) is 32.1 Å². The van der Waals surface area contributed by atoms with E-state index in [1.807, 2.05) is 18.2 Å². The van der Waals surface area contributed by atoms with Gasteiger partial charge in [-0.2, -0.15) is 0 Å². The molecule has 0 spiro atoms. The van der Waals surface area contributed by atoms with Gasteiger partial charge in [0.15, 0.2) is 0 Å². The van der Waals surface area contributed by atoms with Gasteiger partial charge in [-0.3, -0.25) is 0 Å². The van der Waals surface area contributed by atoms with E-state index in [0.29, 0.717) is 23.6 Å². The van der Waals surface area contributed by atoms with Crippen molar-refractivity contribution in [3.63, 3.8) is 0 Å². The summed E-state index contributed by atoms with van der Waals surface area (Å²) in [5.74, 6) is 0.617. The van der Waals surface area contributed by atoms with Gasteiger partial charge in [0.25, 0.3) is 0 Å². The molecule has 1 aliphatic carbocycles. The zero-order valence-corrected chi connectivity index (χ0v) is 25.8. The molecule has 0 bridgehead atoms. The summed E-state index contributed by atoms with van der Waals surface area (Å²) in [6.07, 6.45) is -2.85. The number of imidazole rings is 1. The molecule has 216 valence electrons. The number of fused-ring (bicyclic) bond motifs is 1. The Labute approximate surface area is 229 Å². The molecule has 2 aromatic rings. The maximum absolute atomic E-state index is 16.1.